The number of benzene rings is 1. The maximum Gasteiger partial charge on any atom is 0.374 e. The molecule has 0 spiro atoms. The van der Waals surface area contributed by atoms with Gasteiger partial charge >= 0.3 is 5.97 Å². The van der Waals surface area contributed by atoms with Crippen LogP contribution in [0, 0.1) is 0 Å². The van der Waals surface area contributed by atoms with Crippen molar-refractivity contribution in [1.82, 2.24) is 0 Å². The Balaban J connectivity index is 2.35. The third-order valence-corrected chi connectivity index (χ3v) is 2.99. The predicted octanol–water partition coefficient (Wildman–Crippen LogP) is 2.98. The van der Waals surface area contributed by atoms with Crippen molar-refractivity contribution in [2.45, 2.75) is 13.3 Å². The number of alkyl halides is 1. The molecular formula is C15H15ClO5. The molecule has 0 bridgehead atoms. The standard InChI is InChI=1S/C15H15ClO5/c1-2-19-15(18)14-9-12(17)11-5-4-10(8-13(11)21-14)20-7-3-6-16/h4-5,8-9H,2-3,6-7H2,1H3. The third-order valence-electron chi connectivity index (χ3n) is 2.72. The van der Waals surface area contributed by atoms with Crippen LogP contribution in [-0.4, -0.2) is 25.1 Å². The average Bonchev–Trinajstić information content (AvgIpc) is 2.47. The van der Waals surface area contributed by atoms with Crippen LogP contribution in [0.4, 0.5) is 0 Å². The van der Waals surface area contributed by atoms with Crippen LogP contribution >= 0.6 is 11.6 Å². The summed E-state index contributed by atoms with van der Waals surface area (Å²) in [6, 6.07) is 5.99. The summed E-state index contributed by atoms with van der Waals surface area (Å²) in [6.07, 6.45) is 0.715. The minimum atomic E-state index is -0.662. The Hall–Kier alpha value is -2.01. The summed E-state index contributed by atoms with van der Waals surface area (Å²) < 4.78 is 15.7. The van der Waals surface area contributed by atoms with Crippen molar-refractivity contribution in [1.29, 1.82) is 0 Å². The molecule has 1 aromatic carbocycles. The second-order valence-electron chi connectivity index (χ2n) is 4.24. The van der Waals surface area contributed by atoms with Gasteiger partial charge in [0.15, 0.2) is 5.43 Å². The Morgan fingerprint density at radius 1 is 1.33 bits per heavy atom. The Morgan fingerprint density at radius 3 is 2.86 bits per heavy atom. The largest absolute Gasteiger partial charge is 0.493 e. The lowest BCUT2D eigenvalue weighted by atomic mass is 10.2. The van der Waals surface area contributed by atoms with E-state index in [0.29, 0.717) is 30.0 Å². The molecule has 2 rings (SSSR count). The lowest BCUT2D eigenvalue weighted by Gasteiger charge is -2.06. The molecule has 0 aliphatic carbocycles. The highest BCUT2D eigenvalue weighted by atomic mass is 35.5. The zero-order valence-corrected chi connectivity index (χ0v) is 12.3. The van der Waals surface area contributed by atoms with E-state index in [0.717, 1.165) is 6.07 Å². The number of carbonyl (C=O) groups excluding carboxylic acids is 1. The molecule has 0 amide bonds. The lowest BCUT2D eigenvalue weighted by Crippen LogP contribution is -2.10. The van der Waals surface area contributed by atoms with E-state index in [1.54, 1.807) is 25.1 Å². The molecule has 1 heterocycles. The Morgan fingerprint density at radius 2 is 2.14 bits per heavy atom. The second-order valence-corrected chi connectivity index (χ2v) is 4.62. The van der Waals surface area contributed by atoms with Crippen LogP contribution < -0.4 is 10.2 Å². The van der Waals surface area contributed by atoms with Crippen molar-refractivity contribution in [2.24, 2.45) is 0 Å². The lowest BCUT2D eigenvalue weighted by molar-refractivity contribution is 0.0490. The number of hydrogen-bond acceptors (Lipinski definition) is 5. The molecule has 0 aliphatic rings. The Labute approximate surface area is 126 Å². The molecule has 0 saturated heterocycles. The third kappa shape index (κ3) is 3.76. The van der Waals surface area contributed by atoms with Gasteiger partial charge in [-0.3, -0.25) is 4.79 Å². The molecular weight excluding hydrogens is 296 g/mol. The number of ether oxygens (including phenoxy) is 2. The van der Waals surface area contributed by atoms with E-state index in [9.17, 15) is 9.59 Å². The van der Waals surface area contributed by atoms with Crippen LogP contribution in [0.15, 0.2) is 33.5 Å². The molecule has 0 unspecified atom stereocenters. The van der Waals surface area contributed by atoms with Crippen molar-refractivity contribution in [2.75, 3.05) is 19.1 Å². The van der Waals surface area contributed by atoms with Crippen molar-refractivity contribution in [3.05, 3.63) is 40.2 Å². The van der Waals surface area contributed by atoms with E-state index < -0.39 is 5.97 Å². The Bertz CT molecular complexity index is 692. The summed E-state index contributed by atoms with van der Waals surface area (Å²) >= 11 is 5.58. The highest BCUT2D eigenvalue weighted by molar-refractivity contribution is 6.17. The fourth-order valence-corrected chi connectivity index (χ4v) is 1.88. The zero-order chi connectivity index (χ0) is 15.2. The summed E-state index contributed by atoms with van der Waals surface area (Å²) in [5.41, 5.74) is -0.0134. The van der Waals surface area contributed by atoms with Crippen LogP contribution in [0.2, 0.25) is 0 Å². The molecule has 1 aromatic heterocycles. The topological polar surface area (TPSA) is 65.7 Å². The van der Waals surface area contributed by atoms with Gasteiger partial charge in [0.05, 0.1) is 18.6 Å². The molecule has 6 heteroatoms. The molecule has 5 nitrogen and oxygen atoms in total. The molecule has 21 heavy (non-hydrogen) atoms. The first-order valence-electron chi connectivity index (χ1n) is 6.59. The van der Waals surface area contributed by atoms with E-state index in [-0.39, 0.29) is 23.4 Å². The number of halogens is 1. The van der Waals surface area contributed by atoms with Crippen LogP contribution in [0.5, 0.6) is 5.75 Å². The molecule has 0 fully saturated rings. The van der Waals surface area contributed by atoms with Crippen LogP contribution in [-0.2, 0) is 4.74 Å². The SMILES string of the molecule is CCOC(=O)c1cc(=O)c2ccc(OCCCCl)cc2o1. The minimum Gasteiger partial charge on any atom is -0.493 e. The molecule has 112 valence electrons. The van der Waals surface area contributed by atoms with Crippen molar-refractivity contribution < 1.29 is 18.7 Å². The number of carbonyl (C=O) groups is 1. The first-order valence-corrected chi connectivity index (χ1v) is 7.13. The van der Waals surface area contributed by atoms with Crippen LogP contribution in [0.1, 0.15) is 23.9 Å². The zero-order valence-electron chi connectivity index (χ0n) is 11.6. The first kappa shape index (κ1) is 15.4. The van der Waals surface area contributed by atoms with E-state index in [4.69, 9.17) is 25.5 Å². The van der Waals surface area contributed by atoms with Crippen molar-refractivity contribution in [3.8, 4) is 5.75 Å². The van der Waals surface area contributed by atoms with E-state index in [2.05, 4.69) is 0 Å². The predicted molar refractivity (Wildman–Crippen MR) is 79.3 cm³/mol. The quantitative estimate of drug-likeness (QED) is 0.466. The van der Waals surface area contributed by atoms with Gasteiger partial charge in [-0.1, -0.05) is 0 Å². The summed E-state index contributed by atoms with van der Waals surface area (Å²) in [5, 5.41) is 0.382. The highest BCUT2D eigenvalue weighted by Gasteiger charge is 2.13. The fraction of sp³-hybridized carbons (Fsp3) is 0.333. The monoisotopic (exact) mass is 310 g/mol. The minimum absolute atomic E-state index is 0.118. The molecule has 0 saturated carbocycles. The molecule has 0 radical (unpaired) electrons. The van der Waals surface area contributed by atoms with E-state index >= 15 is 0 Å². The maximum atomic E-state index is 12.0. The second kappa shape index (κ2) is 7.13. The Kier molecular flexibility index (Phi) is 5.22. The van der Waals surface area contributed by atoms with Gasteiger partial charge in [0, 0.05) is 18.0 Å². The number of hydrogen-bond donors (Lipinski definition) is 0. The fourth-order valence-electron chi connectivity index (χ4n) is 1.77. The van der Waals surface area contributed by atoms with Gasteiger partial charge < -0.3 is 13.9 Å². The van der Waals surface area contributed by atoms with Gasteiger partial charge in [0.2, 0.25) is 5.76 Å². The van der Waals surface area contributed by atoms with Gasteiger partial charge in [0.25, 0.3) is 0 Å². The van der Waals surface area contributed by atoms with Gasteiger partial charge in [-0.15, -0.1) is 11.6 Å². The van der Waals surface area contributed by atoms with Gasteiger partial charge in [-0.05, 0) is 25.5 Å². The van der Waals surface area contributed by atoms with E-state index in [1.165, 1.54) is 0 Å². The van der Waals surface area contributed by atoms with Gasteiger partial charge in [0.1, 0.15) is 11.3 Å². The molecule has 0 aliphatic heterocycles. The van der Waals surface area contributed by atoms with Gasteiger partial charge in [-0.25, -0.2) is 4.79 Å². The summed E-state index contributed by atoms with van der Waals surface area (Å²) in [5.74, 6) is 0.282. The highest BCUT2D eigenvalue weighted by Crippen LogP contribution is 2.20. The number of rotatable bonds is 6. The molecule has 2 aromatic rings. The van der Waals surface area contributed by atoms with Crippen LogP contribution in [0.3, 0.4) is 0 Å². The van der Waals surface area contributed by atoms with Gasteiger partial charge in [-0.2, -0.15) is 0 Å². The normalized spacial score (nSPS) is 10.6. The number of fused-ring (bicyclic) bond motifs is 1. The molecule has 0 atom stereocenters. The smallest absolute Gasteiger partial charge is 0.374 e. The maximum absolute atomic E-state index is 12.0. The molecule has 0 N–H and O–H groups in total. The summed E-state index contributed by atoms with van der Waals surface area (Å²) in [6.45, 7) is 2.36. The van der Waals surface area contributed by atoms with Crippen molar-refractivity contribution in [3.63, 3.8) is 0 Å². The summed E-state index contributed by atoms with van der Waals surface area (Å²) in [7, 11) is 0. The number of esters is 1. The summed E-state index contributed by atoms with van der Waals surface area (Å²) in [4.78, 5) is 23.6. The van der Waals surface area contributed by atoms with Crippen molar-refractivity contribution >= 4 is 28.5 Å². The van der Waals surface area contributed by atoms with Crippen LogP contribution in [0.25, 0.3) is 11.0 Å². The first-order chi connectivity index (χ1) is 10.2. The van der Waals surface area contributed by atoms with E-state index in [1.807, 2.05) is 0 Å². The average molecular weight is 311 g/mol.